The van der Waals surface area contributed by atoms with Gasteiger partial charge in [-0.2, -0.15) is 0 Å². The standard InChI is InChI=1S/C18H19ClN2O3S/c1-12(13-5-7-15(19)8-6-13)20-18(22)14-3-2-4-17(11-14)25(23,24)21-16-9-10-16/h2-8,11-12,16,21H,9-10H2,1H3,(H,20,22)/t12-/m1/s1. The van der Waals surface area contributed by atoms with E-state index in [9.17, 15) is 13.2 Å². The van der Waals surface area contributed by atoms with Crippen LogP contribution in [0.25, 0.3) is 0 Å². The van der Waals surface area contributed by atoms with E-state index >= 15 is 0 Å². The Balaban J connectivity index is 1.73. The predicted octanol–water partition coefficient (Wildman–Crippen LogP) is 3.27. The van der Waals surface area contributed by atoms with E-state index < -0.39 is 10.0 Å². The van der Waals surface area contributed by atoms with Crippen LogP contribution >= 0.6 is 11.6 Å². The molecule has 5 nitrogen and oxygen atoms in total. The molecule has 0 radical (unpaired) electrons. The van der Waals surface area contributed by atoms with Crippen LogP contribution in [0, 0.1) is 0 Å². The van der Waals surface area contributed by atoms with Crippen molar-refractivity contribution in [3.05, 3.63) is 64.7 Å². The second kappa shape index (κ2) is 7.15. The third kappa shape index (κ3) is 4.60. The third-order valence-corrected chi connectivity index (χ3v) is 5.79. The van der Waals surface area contributed by atoms with Crippen molar-refractivity contribution >= 4 is 27.5 Å². The van der Waals surface area contributed by atoms with Gasteiger partial charge in [-0.3, -0.25) is 4.79 Å². The number of sulfonamides is 1. The second-order valence-electron chi connectivity index (χ2n) is 6.17. The molecular weight excluding hydrogens is 360 g/mol. The van der Waals surface area contributed by atoms with Gasteiger partial charge in [0.05, 0.1) is 10.9 Å². The van der Waals surface area contributed by atoms with Crippen LogP contribution in [0.3, 0.4) is 0 Å². The zero-order chi connectivity index (χ0) is 18.0. The fraction of sp³-hybridized carbons (Fsp3) is 0.278. The summed E-state index contributed by atoms with van der Waals surface area (Å²) >= 11 is 5.87. The molecule has 1 saturated carbocycles. The van der Waals surface area contributed by atoms with Crippen LogP contribution in [0.2, 0.25) is 5.02 Å². The van der Waals surface area contributed by atoms with Gasteiger partial charge in [0.25, 0.3) is 5.91 Å². The van der Waals surface area contributed by atoms with Crippen LogP contribution in [-0.4, -0.2) is 20.4 Å². The normalized spacial score (nSPS) is 15.6. The lowest BCUT2D eigenvalue weighted by Gasteiger charge is -2.15. The number of carbonyl (C=O) groups excluding carboxylic acids is 1. The number of amides is 1. The molecule has 7 heteroatoms. The first-order valence-corrected chi connectivity index (χ1v) is 9.90. The smallest absolute Gasteiger partial charge is 0.251 e. The minimum absolute atomic E-state index is 0.0207. The van der Waals surface area contributed by atoms with E-state index in [1.165, 1.54) is 12.1 Å². The second-order valence-corrected chi connectivity index (χ2v) is 8.32. The first-order valence-electron chi connectivity index (χ1n) is 8.04. The molecule has 25 heavy (non-hydrogen) atoms. The Morgan fingerprint density at radius 1 is 1.16 bits per heavy atom. The van der Waals surface area contributed by atoms with Crippen molar-refractivity contribution in [1.29, 1.82) is 0 Å². The molecule has 0 spiro atoms. The molecule has 0 heterocycles. The van der Waals surface area contributed by atoms with E-state index in [4.69, 9.17) is 11.6 Å². The molecule has 1 fully saturated rings. The number of hydrogen-bond acceptors (Lipinski definition) is 3. The Kier molecular flexibility index (Phi) is 5.13. The monoisotopic (exact) mass is 378 g/mol. The maximum absolute atomic E-state index is 12.5. The molecule has 2 aromatic rings. The van der Waals surface area contributed by atoms with Gasteiger partial charge in [0.1, 0.15) is 0 Å². The lowest BCUT2D eigenvalue weighted by molar-refractivity contribution is 0.0939. The van der Waals surface area contributed by atoms with E-state index in [1.807, 2.05) is 19.1 Å². The maximum atomic E-state index is 12.5. The van der Waals surface area contributed by atoms with Gasteiger partial charge in [-0.05, 0) is 55.7 Å². The molecule has 1 aliphatic carbocycles. The number of hydrogen-bond donors (Lipinski definition) is 2. The van der Waals surface area contributed by atoms with Crippen LogP contribution in [0.4, 0.5) is 0 Å². The fourth-order valence-corrected chi connectivity index (χ4v) is 3.88. The Hall–Kier alpha value is -1.89. The molecule has 132 valence electrons. The molecule has 2 N–H and O–H groups in total. The molecule has 1 atom stereocenters. The van der Waals surface area contributed by atoms with Crippen molar-refractivity contribution in [2.75, 3.05) is 0 Å². The first-order chi connectivity index (χ1) is 11.8. The van der Waals surface area contributed by atoms with Crippen molar-refractivity contribution in [3.63, 3.8) is 0 Å². The van der Waals surface area contributed by atoms with Crippen molar-refractivity contribution < 1.29 is 13.2 Å². The molecule has 2 aromatic carbocycles. The van der Waals surface area contributed by atoms with Gasteiger partial charge < -0.3 is 5.32 Å². The minimum atomic E-state index is -3.58. The van der Waals surface area contributed by atoms with Gasteiger partial charge in [-0.1, -0.05) is 29.8 Å². The summed E-state index contributed by atoms with van der Waals surface area (Å²) in [7, 11) is -3.58. The van der Waals surface area contributed by atoms with Gasteiger partial charge in [0.15, 0.2) is 0 Å². The van der Waals surface area contributed by atoms with Crippen molar-refractivity contribution in [1.82, 2.24) is 10.0 Å². The summed E-state index contributed by atoms with van der Waals surface area (Å²) in [6, 6.07) is 13.1. The van der Waals surface area contributed by atoms with Crippen LogP contribution in [-0.2, 0) is 10.0 Å². The van der Waals surface area contributed by atoms with Gasteiger partial charge in [0.2, 0.25) is 10.0 Å². The summed E-state index contributed by atoms with van der Waals surface area (Å²) in [4.78, 5) is 12.6. The number of benzene rings is 2. The van der Waals surface area contributed by atoms with Crippen molar-refractivity contribution in [2.45, 2.75) is 36.7 Å². The summed E-state index contributed by atoms with van der Waals surface area (Å²) in [6.07, 6.45) is 1.72. The molecule has 0 aliphatic heterocycles. The molecule has 0 bridgehead atoms. The summed E-state index contributed by atoms with van der Waals surface area (Å²) in [5.74, 6) is -0.328. The molecule has 0 aromatic heterocycles. The molecule has 0 unspecified atom stereocenters. The lowest BCUT2D eigenvalue weighted by atomic mass is 10.1. The largest absolute Gasteiger partial charge is 0.346 e. The molecule has 0 saturated heterocycles. The van der Waals surface area contributed by atoms with E-state index in [-0.39, 0.29) is 22.9 Å². The highest BCUT2D eigenvalue weighted by Crippen LogP contribution is 2.23. The zero-order valence-electron chi connectivity index (χ0n) is 13.7. The SMILES string of the molecule is C[C@@H](NC(=O)c1cccc(S(=O)(=O)NC2CC2)c1)c1ccc(Cl)cc1. The molecule has 3 rings (SSSR count). The van der Waals surface area contributed by atoms with Gasteiger partial charge >= 0.3 is 0 Å². The highest BCUT2D eigenvalue weighted by Gasteiger charge is 2.28. The van der Waals surface area contributed by atoms with Gasteiger partial charge in [0, 0.05) is 16.6 Å². The van der Waals surface area contributed by atoms with E-state index in [0.29, 0.717) is 10.6 Å². The van der Waals surface area contributed by atoms with Crippen LogP contribution < -0.4 is 10.0 Å². The highest BCUT2D eigenvalue weighted by atomic mass is 35.5. The highest BCUT2D eigenvalue weighted by molar-refractivity contribution is 7.89. The van der Waals surface area contributed by atoms with Crippen molar-refractivity contribution in [3.8, 4) is 0 Å². The third-order valence-electron chi connectivity index (χ3n) is 4.02. The number of nitrogens with one attached hydrogen (secondary N) is 2. The summed E-state index contributed by atoms with van der Waals surface area (Å²) in [5.41, 5.74) is 1.22. The molecular formula is C18H19ClN2O3S. The number of carbonyl (C=O) groups is 1. The number of halogens is 1. The first kappa shape index (κ1) is 17.9. The van der Waals surface area contributed by atoms with Crippen LogP contribution in [0.1, 0.15) is 41.7 Å². The zero-order valence-corrected chi connectivity index (χ0v) is 15.3. The Morgan fingerprint density at radius 3 is 2.48 bits per heavy atom. The quantitative estimate of drug-likeness (QED) is 0.810. The predicted molar refractivity (Wildman–Crippen MR) is 97.1 cm³/mol. The Labute approximate surface area is 152 Å². The topological polar surface area (TPSA) is 75.3 Å². The summed E-state index contributed by atoms with van der Waals surface area (Å²) in [6.45, 7) is 1.86. The Morgan fingerprint density at radius 2 is 1.84 bits per heavy atom. The number of rotatable bonds is 6. The summed E-state index contributed by atoms with van der Waals surface area (Å²) in [5, 5.41) is 3.49. The average Bonchev–Trinajstić information content (AvgIpc) is 3.39. The fourth-order valence-electron chi connectivity index (χ4n) is 2.41. The molecule has 1 aliphatic rings. The Bertz CT molecular complexity index is 877. The van der Waals surface area contributed by atoms with Gasteiger partial charge in [-0.15, -0.1) is 0 Å². The lowest BCUT2D eigenvalue weighted by Crippen LogP contribution is -2.28. The summed E-state index contributed by atoms with van der Waals surface area (Å²) < 4.78 is 27.2. The van der Waals surface area contributed by atoms with E-state index in [1.54, 1.807) is 24.3 Å². The van der Waals surface area contributed by atoms with Crippen molar-refractivity contribution in [2.24, 2.45) is 0 Å². The maximum Gasteiger partial charge on any atom is 0.251 e. The van der Waals surface area contributed by atoms with E-state index in [0.717, 1.165) is 18.4 Å². The minimum Gasteiger partial charge on any atom is -0.346 e. The molecule has 1 amide bonds. The van der Waals surface area contributed by atoms with Crippen LogP contribution in [0.5, 0.6) is 0 Å². The average molecular weight is 379 g/mol. The van der Waals surface area contributed by atoms with Crippen LogP contribution in [0.15, 0.2) is 53.4 Å². The van der Waals surface area contributed by atoms with E-state index in [2.05, 4.69) is 10.0 Å². The van der Waals surface area contributed by atoms with Gasteiger partial charge in [-0.25, -0.2) is 13.1 Å².